The molecule has 0 radical (unpaired) electrons. The minimum Gasteiger partial charge on any atom is -0.392 e. The number of β-amino-alcohol motifs (C(OH)–C–C–N with tert-alkyl or cyclic N) is 1. The number of rotatable bonds is 4. The molecule has 1 fully saturated rings. The summed E-state index contributed by atoms with van der Waals surface area (Å²) in [5, 5.41) is 14.6. The molecule has 2 aromatic rings. The lowest BCUT2D eigenvalue weighted by molar-refractivity contribution is 0.172. The van der Waals surface area contributed by atoms with E-state index < -0.39 is 0 Å². The number of likely N-dealkylation sites (tertiary alicyclic amines) is 1. The molecule has 0 spiro atoms. The number of nitrogens with zero attached hydrogens (tertiary/aromatic N) is 3. The molecule has 2 atom stereocenters. The van der Waals surface area contributed by atoms with Gasteiger partial charge in [-0.15, -0.1) is 0 Å². The van der Waals surface area contributed by atoms with E-state index in [9.17, 15) is 9.50 Å². The zero-order valence-corrected chi connectivity index (χ0v) is 13.9. The minimum atomic E-state index is -0.372. The van der Waals surface area contributed by atoms with Crippen molar-refractivity contribution >= 4 is 0 Å². The van der Waals surface area contributed by atoms with E-state index in [2.05, 4.69) is 30.0 Å². The zero-order chi connectivity index (χ0) is 16.6. The van der Waals surface area contributed by atoms with Crippen LogP contribution in [0.5, 0.6) is 0 Å². The number of aliphatic hydroxyl groups excluding tert-OH is 1. The second-order valence-corrected chi connectivity index (χ2v) is 6.70. The number of halogens is 1. The molecule has 0 unspecified atom stereocenters. The number of aliphatic hydroxyl groups is 1. The maximum absolute atomic E-state index is 13.5. The Kier molecular flexibility index (Phi) is 4.50. The van der Waals surface area contributed by atoms with Crippen molar-refractivity contribution in [1.82, 2.24) is 14.7 Å². The van der Waals surface area contributed by atoms with Crippen molar-refractivity contribution in [3.8, 4) is 0 Å². The van der Waals surface area contributed by atoms with Crippen LogP contribution in [0.15, 0.2) is 30.5 Å². The van der Waals surface area contributed by atoms with Gasteiger partial charge in [-0.1, -0.05) is 12.1 Å². The molecular formula is C18H24FN3O. The monoisotopic (exact) mass is 317 g/mol. The molecule has 3 rings (SSSR count). The van der Waals surface area contributed by atoms with Crippen LogP contribution in [-0.4, -0.2) is 32.4 Å². The maximum Gasteiger partial charge on any atom is 0.123 e. The molecule has 1 aromatic heterocycles. The highest BCUT2D eigenvalue weighted by Crippen LogP contribution is 2.34. The predicted octanol–water partition coefficient (Wildman–Crippen LogP) is 3.22. The first-order chi connectivity index (χ1) is 10.9. The van der Waals surface area contributed by atoms with Crippen molar-refractivity contribution in [3.63, 3.8) is 0 Å². The van der Waals surface area contributed by atoms with Gasteiger partial charge in [-0.2, -0.15) is 5.10 Å². The second kappa shape index (κ2) is 6.42. The highest BCUT2D eigenvalue weighted by molar-refractivity contribution is 5.23. The van der Waals surface area contributed by atoms with E-state index >= 15 is 0 Å². The molecule has 0 bridgehead atoms. The highest BCUT2D eigenvalue weighted by atomic mass is 19.1. The van der Waals surface area contributed by atoms with Crippen molar-refractivity contribution < 1.29 is 9.50 Å². The summed E-state index contributed by atoms with van der Waals surface area (Å²) in [6.45, 7) is 7.54. The Balaban J connectivity index is 1.83. The summed E-state index contributed by atoms with van der Waals surface area (Å²) in [5.74, 6) is -0.229. The van der Waals surface area contributed by atoms with E-state index in [1.807, 2.05) is 17.7 Å². The summed E-state index contributed by atoms with van der Waals surface area (Å²) >= 11 is 0. The minimum absolute atomic E-state index is 0.0440. The molecule has 124 valence electrons. The molecule has 23 heavy (non-hydrogen) atoms. The summed E-state index contributed by atoms with van der Waals surface area (Å²) in [5.41, 5.74) is 3.10. The van der Waals surface area contributed by atoms with Crippen LogP contribution in [0, 0.1) is 12.7 Å². The smallest absolute Gasteiger partial charge is 0.123 e. The Morgan fingerprint density at radius 2 is 2.17 bits per heavy atom. The van der Waals surface area contributed by atoms with Crippen LogP contribution in [0.2, 0.25) is 0 Å². The van der Waals surface area contributed by atoms with E-state index in [0.717, 1.165) is 23.4 Å². The van der Waals surface area contributed by atoms with E-state index in [0.29, 0.717) is 19.0 Å². The Morgan fingerprint density at radius 3 is 2.83 bits per heavy atom. The third kappa shape index (κ3) is 3.46. The fourth-order valence-electron chi connectivity index (χ4n) is 3.27. The largest absolute Gasteiger partial charge is 0.392 e. The van der Waals surface area contributed by atoms with Crippen LogP contribution < -0.4 is 0 Å². The first kappa shape index (κ1) is 16.1. The van der Waals surface area contributed by atoms with Gasteiger partial charge in [0.15, 0.2) is 0 Å². The van der Waals surface area contributed by atoms with Crippen molar-refractivity contribution in [1.29, 1.82) is 0 Å². The van der Waals surface area contributed by atoms with Gasteiger partial charge in [0.25, 0.3) is 0 Å². The molecule has 0 aliphatic carbocycles. The van der Waals surface area contributed by atoms with Crippen molar-refractivity contribution in [2.45, 2.75) is 51.9 Å². The van der Waals surface area contributed by atoms with Crippen molar-refractivity contribution in [3.05, 3.63) is 53.1 Å². The number of hydrogen-bond donors (Lipinski definition) is 1. The van der Waals surface area contributed by atoms with E-state index in [4.69, 9.17) is 0 Å². The quantitative estimate of drug-likeness (QED) is 0.941. The first-order valence-electron chi connectivity index (χ1n) is 8.16. The SMILES string of the molecule is Cc1nn(C(C)C)cc1CN1C[C@@H](O)C[C@H]1c1cccc(F)c1. The van der Waals surface area contributed by atoms with Crippen LogP contribution >= 0.6 is 0 Å². The third-order valence-corrected chi connectivity index (χ3v) is 4.54. The van der Waals surface area contributed by atoms with Crippen LogP contribution in [0.3, 0.4) is 0 Å². The fraction of sp³-hybridized carbons (Fsp3) is 0.500. The molecule has 4 nitrogen and oxygen atoms in total. The molecule has 0 amide bonds. The Labute approximate surface area is 136 Å². The van der Waals surface area contributed by atoms with E-state index in [1.165, 1.54) is 6.07 Å². The zero-order valence-electron chi connectivity index (χ0n) is 13.9. The number of hydrogen-bond acceptors (Lipinski definition) is 3. The van der Waals surface area contributed by atoms with Gasteiger partial charge in [0, 0.05) is 36.9 Å². The lowest BCUT2D eigenvalue weighted by Crippen LogP contribution is -2.24. The number of aromatic nitrogens is 2. The van der Waals surface area contributed by atoms with E-state index in [-0.39, 0.29) is 18.0 Å². The molecule has 1 aliphatic heterocycles. The second-order valence-electron chi connectivity index (χ2n) is 6.70. The normalized spacial score (nSPS) is 22.2. The van der Waals surface area contributed by atoms with Gasteiger partial charge >= 0.3 is 0 Å². The summed E-state index contributed by atoms with van der Waals surface area (Å²) < 4.78 is 15.5. The van der Waals surface area contributed by atoms with Gasteiger partial charge in [0.2, 0.25) is 0 Å². The molecular weight excluding hydrogens is 293 g/mol. The molecule has 1 N–H and O–H groups in total. The Bertz CT molecular complexity index is 683. The van der Waals surface area contributed by atoms with Gasteiger partial charge in [-0.25, -0.2) is 4.39 Å². The van der Waals surface area contributed by atoms with Gasteiger partial charge in [0.05, 0.1) is 11.8 Å². The van der Waals surface area contributed by atoms with Crippen molar-refractivity contribution in [2.75, 3.05) is 6.54 Å². The molecule has 1 aromatic carbocycles. The summed E-state index contributed by atoms with van der Waals surface area (Å²) in [6, 6.07) is 7.06. The lowest BCUT2D eigenvalue weighted by Gasteiger charge is -2.24. The first-order valence-corrected chi connectivity index (χ1v) is 8.16. The Hall–Kier alpha value is -1.72. The van der Waals surface area contributed by atoms with Crippen molar-refractivity contribution in [2.24, 2.45) is 0 Å². The summed E-state index contributed by atoms with van der Waals surface area (Å²) in [6.07, 6.45) is 2.34. The number of benzene rings is 1. The molecule has 1 aliphatic rings. The maximum atomic E-state index is 13.5. The van der Waals surface area contributed by atoms with Crippen LogP contribution in [0.4, 0.5) is 4.39 Å². The van der Waals surface area contributed by atoms with Gasteiger partial charge in [-0.05, 0) is 44.9 Å². The standard InChI is InChI=1S/C18H24FN3O/c1-12(2)22-10-15(13(3)20-22)9-21-11-17(23)8-18(21)14-5-4-6-16(19)7-14/h4-7,10,12,17-18,23H,8-9,11H2,1-3H3/t17-,18-/m0/s1. The highest BCUT2D eigenvalue weighted by Gasteiger charge is 2.32. The predicted molar refractivity (Wildman–Crippen MR) is 87.5 cm³/mol. The topological polar surface area (TPSA) is 41.3 Å². The van der Waals surface area contributed by atoms with Crippen LogP contribution in [0.1, 0.15) is 49.2 Å². The summed E-state index contributed by atoms with van der Waals surface area (Å²) in [4.78, 5) is 2.22. The summed E-state index contributed by atoms with van der Waals surface area (Å²) in [7, 11) is 0. The third-order valence-electron chi connectivity index (χ3n) is 4.54. The molecule has 0 saturated carbocycles. The lowest BCUT2D eigenvalue weighted by atomic mass is 10.0. The van der Waals surface area contributed by atoms with Gasteiger partial charge in [-0.3, -0.25) is 9.58 Å². The average Bonchev–Trinajstić information content (AvgIpc) is 3.03. The molecule has 2 heterocycles. The molecule has 5 heteroatoms. The molecule has 1 saturated heterocycles. The van der Waals surface area contributed by atoms with Gasteiger partial charge in [0.1, 0.15) is 5.82 Å². The van der Waals surface area contributed by atoms with Gasteiger partial charge < -0.3 is 5.11 Å². The van der Waals surface area contributed by atoms with E-state index in [1.54, 1.807) is 12.1 Å². The average molecular weight is 317 g/mol. The number of aryl methyl sites for hydroxylation is 1. The van der Waals surface area contributed by atoms with Crippen LogP contribution in [0.25, 0.3) is 0 Å². The van der Waals surface area contributed by atoms with Crippen LogP contribution in [-0.2, 0) is 6.54 Å². The fourth-order valence-corrected chi connectivity index (χ4v) is 3.27. The Morgan fingerprint density at radius 1 is 1.39 bits per heavy atom.